The largest absolute Gasteiger partial charge is 0.478 e. The molecule has 0 bridgehead atoms. The number of aliphatic carboxylic acids is 2. The van der Waals surface area contributed by atoms with Crippen molar-refractivity contribution in [2.24, 2.45) is 0 Å². The van der Waals surface area contributed by atoms with Gasteiger partial charge in [-0.05, 0) is 6.92 Å². The van der Waals surface area contributed by atoms with E-state index in [-0.39, 0.29) is 18.8 Å². The first kappa shape index (κ1) is 18.2. The van der Waals surface area contributed by atoms with Crippen LogP contribution < -0.4 is 0 Å². The number of carboxylic acids is 2. The van der Waals surface area contributed by atoms with E-state index in [4.69, 9.17) is 15.3 Å². The van der Waals surface area contributed by atoms with Gasteiger partial charge in [0.15, 0.2) is 0 Å². The van der Waals surface area contributed by atoms with Gasteiger partial charge in [-0.3, -0.25) is 0 Å². The fourth-order valence-electron chi connectivity index (χ4n) is 0.425. The summed E-state index contributed by atoms with van der Waals surface area (Å²) < 4.78 is 4.48. The van der Waals surface area contributed by atoms with Crippen molar-refractivity contribution in [3.8, 4) is 0 Å². The van der Waals surface area contributed by atoms with Gasteiger partial charge in [-0.25, -0.2) is 14.4 Å². The zero-order valence-electron chi connectivity index (χ0n) is 9.96. The molecule has 7 nitrogen and oxygen atoms in total. The SMILES string of the molecule is C=C(C)C(=O)O.O=C(O)/C=C\C(=O)OCCCO. The summed E-state index contributed by atoms with van der Waals surface area (Å²) in [5, 5.41) is 24.3. The molecular formula is C11H16O7. The molecule has 0 aromatic heterocycles. The Morgan fingerprint density at radius 2 is 1.72 bits per heavy atom. The highest BCUT2D eigenvalue weighted by Gasteiger charge is 1.96. The fourth-order valence-corrected chi connectivity index (χ4v) is 0.425. The van der Waals surface area contributed by atoms with Crippen LogP contribution in [-0.2, 0) is 19.1 Å². The Labute approximate surface area is 104 Å². The maximum Gasteiger partial charge on any atom is 0.331 e. The van der Waals surface area contributed by atoms with Crippen LogP contribution in [0, 0.1) is 0 Å². The lowest BCUT2D eigenvalue weighted by Gasteiger charge is -1.97. The maximum atomic E-state index is 10.6. The van der Waals surface area contributed by atoms with Crippen molar-refractivity contribution >= 4 is 17.9 Å². The molecule has 0 aliphatic rings. The molecule has 0 amide bonds. The molecule has 0 aromatic rings. The highest BCUT2D eigenvalue weighted by Crippen LogP contribution is 1.85. The highest BCUT2D eigenvalue weighted by atomic mass is 16.5. The third-order valence-corrected chi connectivity index (χ3v) is 1.27. The number of hydrogen-bond acceptors (Lipinski definition) is 5. The number of carboxylic acid groups (broad SMARTS) is 2. The number of aliphatic hydroxyl groups excluding tert-OH is 1. The van der Waals surface area contributed by atoms with E-state index in [2.05, 4.69) is 11.3 Å². The summed E-state index contributed by atoms with van der Waals surface area (Å²) in [5.74, 6) is -2.85. The van der Waals surface area contributed by atoms with Gasteiger partial charge >= 0.3 is 17.9 Å². The summed E-state index contributed by atoms with van der Waals surface area (Å²) in [6, 6.07) is 0. The summed E-state index contributed by atoms with van der Waals surface area (Å²) in [7, 11) is 0. The zero-order chi connectivity index (χ0) is 14.6. The van der Waals surface area contributed by atoms with Crippen molar-refractivity contribution < 1.29 is 34.4 Å². The molecule has 0 saturated carbocycles. The lowest BCUT2D eigenvalue weighted by atomic mass is 10.4. The van der Waals surface area contributed by atoms with Crippen molar-refractivity contribution in [2.45, 2.75) is 13.3 Å². The van der Waals surface area contributed by atoms with Gasteiger partial charge in [-0.2, -0.15) is 0 Å². The van der Waals surface area contributed by atoms with Gasteiger partial charge in [0.2, 0.25) is 0 Å². The molecule has 18 heavy (non-hydrogen) atoms. The molecule has 0 aromatic carbocycles. The average Bonchev–Trinajstić information content (AvgIpc) is 2.27. The Morgan fingerprint density at radius 3 is 2.06 bits per heavy atom. The van der Waals surface area contributed by atoms with Gasteiger partial charge < -0.3 is 20.1 Å². The quantitative estimate of drug-likeness (QED) is 0.354. The molecule has 0 aliphatic heterocycles. The maximum absolute atomic E-state index is 10.6. The van der Waals surface area contributed by atoms with Crippen molar-refractivity contribution in [3.05, 3.63) is 24.3 Å². The summed E-state index contributed by atoms with van der Waals surface area (Å²) in [5.41, 5.74) is 0.176. The van der Waals surface area contributed by atoms with E-state index in [1.165, 1.54) is 6.92 Å². The molecule has 0 heterocycles. The first-order valence-corrected chi connectivity index (χ1v) is 4.88. The van der Waals surface area contributed by atoms with E-state index < -0.39 is 17.9 Å². The Kier molecular flexibility index (Phi) is 11.5. The topological polar surface area (TPSA) is 121 Å². The molecule has 0 rings (SSSR count). The van der Waals surface area contributed by atoms with E-state index in [1.54, 1.807) is 0 Å². The molecule has 0 radical (unpaired) electrons. The smallest absolute Gasteiger partial charge is 0.331 e. The number of carbonyl (C=O) groups excluding carboxylic acids is 1. The van der Waals surface area contributed by atoms with E-state index in [1.807, 2.05) is 0 Å². The fraction of sp³-hybridized carbons (Fsp3) is 0.364. The predicted octanol–water partition coefficient (Wildman–Crippen LogP) is 0.200. The van der Waals surface area contributed by atoms with Gasteiger partial charge in [0.05, 0.1) is 6.61 Å². The Bertz CT molecular complexity index is 318. The first-order chi connectivity index (χ1) is 8.31. The molecule has 0 aliphatic carbocycles. The molecule has 7 heteroatoms. The second-order valence-corrected chi connectivity index (χ2v) is 3.00. The summed E-state index contributed by atoms with van der Waals surface area (Å²) in [6.07, 6.45) is 1.87. The van der Waals surface area contributed by atoms with Crippen LogP contribution in [0.3, 0.4) is 0 Å². The molecule has 0 unspecified atom stereocenters. The zero-order valence-corrected chi connectivity index (χ0v) is 9.96. The predicted molar refractivity (Wildman–Crippen MR) is 61.9 cm³/mol. The Morgan fingerprint density at radius 1 is 1.22 bits per heavy atom. The van der Waals surface area contributed by atoms with Crippen LogP contribution in [0.2, 0.25) is 0 Å². The van der Waals surface area contributed by atoms with Gasteiger partial charge in [0.1, 0.15) is 0 Å². The van der Waals surface area contributed by atoms with E-state index in [9.17, 15) is 14.4 Å². The van der Waals surface area contributed by atoms with Crippen molar-refractivity contribution in [2.75, 3.05) is 13.2 Å². The minimum atomic E-state index is -1.20. The molecule has 3 N–H and O–H groups in total. The minimum Gasteiger partial charge on any atom is -0.478 e. The van der Waals surface area contributed by atoms with E-state index in [0.717, 1.165) is 6.08 Å². The Hall–Kier alpha value is -2.15. The summed E-state index contributed by atoms with van der Waals surface area (Å²) in [4.78, 5) is 30.1. The molecule has 0 fully saturated rings. The van der Waals surface area contributed by atoms with Gasteiger partial charge in [-0.15, -0.1) is 0 Å². The Balaban J connectivity index is 0. The van der Waals surface area contributed by atoms with Crippen LogP contribution in [0.15, 0.2) is 24.3 Å². The second kappa shape index (κ2) is 11.3. The number of esters is 1. The van der Waals surface area contributed by atoms with Crippen molar-refractivity contribution in [1.82, 2.24) is 0 Å². The second-order valence-electron chi connectivity index (χ2n) is 3.00. The van der Waals surface area contributed by atoms with Crippen LogP contribution in [0.1, 0.15) is 13.3 Å². The number of carbonyl (C=O) groups is 3. The lowest BCUT2D eigenvalue weighted by Crippen LogP contribution is -2.04. The highest BCUT2D eigenvalue weighted by molar-refractivity contribution is 5.90. The number of hydrogen-bond donors (Lipinski definition) is 3. The molecular weight excluding hydrogens is 244 g/mol. The lowest BCUT2D eigenvalue weighted by molar-refractivity contribution is -0.139. The third-order valence-electron chi connectivity index (χ3n) is 1.27. The molecule has 102 valence electrons. The molecule has 0 atom stereocenters. The van der Waals surface area contributed by atoms with Crippen LogP contribution >= 0.6 is 0 Å². The normalized spacial score (nSPS) is 9.22. The third kappa shape index (κ3) is 16.3. The van der Waals surface area contributed by atoms with Crippen LogP contribution in [0.4, 0.5) is 0 Å². The minimum absolute atomic E-state index is 0.0596. The van der Waals surface area contributed by atoms with E-state index in [0.29, 0.717) is 12.5 Å². The number of rotatable bonds is 6. The van der Waals surface area contributed by atoms with Crippen LogP contribution in [0.5, 0.6) is 0 Å². The van der Waals surface area contributed by atoms with Gasteiger partial charge in [-0.1, -0.05) is 6.58 Å². The van der Waals surface area contributed by atoms with Gasteiger partial charge in [0, 0.05) is 30.8 Å². The first-order valence-electron chi connectivity index (χ1n) is 4.88. The monoisotopic (exact) mass is 260 g/mol. The average molecular weight is 260 g/mol. The van der Waals surface area contributed by atoms with Gasteiger partial charge in [0.25, 0.3) is 0 Å². The van der Waals surface area contributed by atoms with Crippen molar-refractivity contribution in [3.63, 3.8) is 0 Å². The van der Waals surface area contributed by atoms with E-state index >= 15 is 0 Å². The standard InChI is InChI=1S/C7H10O5.C4H6O2/c8-4-1-5-12-7(11)3-2-6(9)10;1-3(2)4(5)6/h2-3,8H,1,4-5H2,(H,9,10);1H2,2H3,(H,5,6)/b3-2-;. The molecule has 0 spiro atoms. The summed E-state index contributed by atoms with van der Waals surface area (Å²) >= 11 is 0. The van der Waals surface area contributed by atoms with Crippen LogP contribution in [0.25, 0.3) is 0 Å². The number of ether oxygens (including phenoxy) is 1. The number of aliphatic hydroxyl groups is 1. The van der Waals surface area contributed by atoms with Crippen molar-refractivity contribution in [1.29, 1.82) is 0 Å². The molecule has 0 saturated heterocycles. The van der Waals surface area contributed by atoms with Crippen LogP contribution in [-0.4, -0.2) is 46.4 Å². The summed E-state index contributed by atoms with van der Waals surface area (Å²) in [6.45, 7) is 4.64.